The van der Waals surface area contributed by atoms with Gasteiger partial charge in [0.15, 0.2) is 23.0 Å². The summed E-state index contributed by atoms with van der Waals surface area (Å²) >= 11 is 0. The number of fused-ring (bicyclic) bond motifs is 3. The Labute approximate surface area is 380 Å². The highest BCUT2D eigenvalue weighted by Crippen LogP contribution is 2.79. The molecule has 0 unspecified atom stereocenters. The van der Waals surface area contributed by atoms with E-state index in [1.807, 2.05) is 27.0 Å². The number of hydrogen-bond acceptors (Lipinski definition) is 10. The minimum atomic E-state index is -0.909. The van der Waals surface area contributed by atoms with Crippen LogP contribution in [0.1, 0.15) is 128 Å². The van der Waals surface area contributed by atoms with Gasteiger partial charge < -0.3 is 44.3 Å². The lowest BCUT2D eigenvalue weighted by atomic mass is 9.33. The fourth-order valence-corrected chi connectivity index (χ4v) is 18.0. The Bertz CT molecular complexity index is 2330. The van der Waals surface area contributed by atoms with Gasteiger partial charge in [-0.05, 0) is 139 Å². The van der Waals surface area contributed by atoms with E-state index >= 15 is 0 Å². The Hall–Kier alpha value is -2.86. The van der Waals surface area contributed by atoms with E-state index in [1.165, 1.54) is 41.6 Å². The minimum Gasteiger partial charge on any atom is -0.504 e. The molecule has 0 aromatic heterocycles. The van der Waals surface area contributed by atoms with Gasteiger partial charge in [-0.3, -0.25) is 4.90 Å². The first-order valence-electron chi connectivity index (χ1n) is 25.0. The first-order valence-corrected chi connectivity index (χ1v) is 25.0. The lowest BCUT2D eigenvalue weighted by Gasteiger charge is -2.75. The second kappa shape index (κ2) is 13.0. The number of likely N-dealkylation sites (tertiary alicyclic amines) is 2. The number of benzene rings is 2. The van der Waals surface area contributed by atoms with Crippen LogP contribution >= 0.6 is 0 Å². The van der Waals surface area contributed by atoms with E-state index in [4.69, 9.17) is 18.9 Å². The van der Waals surface area contributed by atoms with Crippen LogP contribution in [0.2, 0.25) is 0 Å². The molecule has 4 spiro atoms. The molecule has 2 aromatic rings. The zero-order valence-electron chi connectivity index (χ0n) is 39.9. The molecule has 4 aliphatic heterocycles. The van der Waals surface area contributed by atoms with Crippen molar-refractivity contribution in [3.8, 4) is 23.0 Å². The third kappa shape index (κ3) is 4.66. The smallest absolute Gasteiger partial charge is 0.165 e. The maximum atomic E-state index is 12.2. The summed E-state index contributed by atoms with van der Waals surface area (Å²) in [6, 6.07) is 8.69. The summed E-state index contributed by atoms with van der Waals surface area (Å²) in [6.45, 7) is 15.9. The lowest BCUT2D eigenvalue weighted by Crippen LogP contribution is -2.83. The van der Waals surface area contributed by atoms with Crippen LogP contribution in [-0.2, 0) is 33.1 Å². The third-order valence-electron chi connectivity index (χ3n) is 21.4. The minimum absolute atomic E-state index is 0.0294. The summed E-state index contributed by atoms with van der Waals surface area (Å²) in [7, 11) is 5.83. The van der Waals surface area contributed by atoms with Crippen LogP contribution in [0.15, 0.2) is 36.4 Å². The van der Waals surface area contributed by atoms with Crippen molar-refractivity contribution >= 4 is 0 Å². The molecule has 348 valence electrons. The van der Waals surface area contributed by atoms with E-state index in [1.54, 1.807) is 13.2 Å². The Balaban J connectivity index is 0.000000136. The molecule has 8 bridgehead atoms. The van der Waals surface area contributed by atoms with Crippen LogP contribution in [0.25, 0.3) is 0 Å². The van der Waals surface area contributed by atoms with Gasteiger partial charge in [-0.1, -0.05) is 58.4 Å². The highest BCUT2D eigenvalue weighted by molar-refractivity contribution is 5.66. The van der Waals surface area contributed by atoms with Crippen molar-refractivity contribution in [1.82, 2.24) is 9.80 Å². The summed E-state index contributed by atoms with van der Waals surface area (Å²) in [5, 5.41) is 45.6. The van der Waals surface area contributed by atoms with Crippen LogP contribution in [-0.4, -0.2) is 118 Å². The van der Waals surface area contributed by atoms with Crippen molar-refractivity contribution < 1.29 is 39.4 Å². The largest absolute Gasteiger partial charge is 0.504 e. The lowest BCUT2D eigenvalue weighted by molar-refractivity contribution is -0.312. The average Bonchev–Trinajstić information content (AvgIpc) is 3.89. The number of aromatic hydroxyl groups is 2. The van der Waals surface area contributed by atoms with Crippen LogP contribution < -0.4 is 9.47 Å². The number of likely N-dealkylation sites (N-methyl/N-ethyl adjacent to an activating group) is 1. The molecule has 4 heterocycles. The molecule has 9 aliphatic carbocycles. The van der Waals surface area contributed by atoms with E-state index in [9.17, 15) is 20.4 Å². The molecule has 0 amide bonds. The van der Waals surface area contributed by atoms with E-state index < -0.39 is 22.4 Å². The predicted molar refractivity (Wildman–Crippen MR) is 244 cm³/mol. The number of phenols is 2. The molecular formula is C54H74N2O8. The second-order valence-corrected chi connectivity index (χ2v) is 24.5. The van der Waals surface area contributed by atoms with Gasteiger partial charge in [0.1, 0.15) is 23.4 Å². The number of nitrogens with zero attached hydrogens (tertiary/aromatic N) is 2. The Morgan fingerprint density at radius 3 is 2.02 bits per heavy atom. The molecule has 2 aromatic carbocycles. The fourth-order valence-electron chi connectivity index (χ4n) is 18.0. The molecule has 13 aliphatic rings. The molecule has 15 rings (SSSR count). The van der Waals surface area contributed by atoms with Crippen molar-refractivity contribution in [1.29, 1.82) is 0 Å². The van der Waals surface area contributed by atoms with Crippen LogP contribution in [0, 0.1) is 34.0 Å². The molecule has 10 heteroatoms. The van der Waals surface area contributed by atoms with Crippen molar-refractivity contribution in [2.75, 3.05) is 40.9 Å². The topological polar surface area (TPSA) is 124 Å². The average molecular weight is 879 g/mol. The van der Waals surface area contributed by atoms with Gasteiger partial charge in [0, 0.05) is 72.1 Å². The van der Waals surface area contributed by atoms with Gasteiger partial charge in [-0.15, -0.1) is 0 Å². The van der Waals surface area contributed by atoms with E-state index in [-0.39, 0.29) is 62.6 Å². The van der Waals surface area contributed by atoms with Crippen molar-refractivity contribution in [2.24, 2.45) is 34.0 Å². The van der Waals surface area contributed by atoms with Crippen molar-refractivity contribution in [2.45, 2.75) is 176 Å². The first-order chi connectivity index (χ1) is 30.3. The van der Waals surface area contributed by atoms with Gasteiger partial charge in [0.25, 0.3) is 0 Å². The molecule has 0 radical (unpaired) electrons. The van der Waals surface area contributed by atoms with Crippen molar-refractivity contribution in [3.63, 3.8) is 0 Å². The molecule has 4 N–H and O–H groups in total. The quantitative estimate of drug-likeness (QED) is 0.198. The predicted octanol–water partition coefficient (Wildman–Crippen LogP) is 7.58. The Morgan fingerprint density at radius 2 is 1.39 bits per heavy atom. The van der Waals surface area contributed by atoms with Gasteiger partial charge in [0.05, 0.1) is 16.6 Å². The van der Waals surface area contributed by atoms with Crippen LogP contribution in [0.4, 0.5) is 0 Å². The molecule has 14 atom stereocenters. The number of methoxy groups -OCH3 is 2. The summed E-state index contributed by atoms with van der Waals surface area (Å²) in [5.41, 5.74) is 1.41. The molecular weight excluding hydrogens is 805 g/mol. The highest BCUT2D eigenvalue weighted by Gasteiger charge is 2.83. The number of phenolic OH excluding ortho intramolecular Hbond substituents is 2. The maximum Gasteiger partial charge on any atom is 0.165 e. The first kappa shape index (κ1) is 42.5. The zero-order chi connectivity index (χ0) is 45.0. The zero-order valence-corrected chi connectivity index (χ0v) is 39.9. The van der Waals surface area contributed by atoms with Gasteiger partial charge in [-0.2, -0.15) is 0 Å². The molecule has 10 nitrogen and oxygen atoms in total. The van der Waals surface area contributed by atoms with Gasteiger partial charge >= 0.3 is 0 Å². The van der Waals surface area contributed by atoms with Gasteiger partial charge in [0.2, 0.25) is 0 Å². The van der Waals surface area contributed by atoms with Gasteiger partial charge in [-0.25, -0.2) is 0 Å². The normalized spacial score (nSPS) is 44.2. The monoisotopic (exact) mass is 879 g/mol. The summed E-state index contributed by atoms with van der Waals surface area (Å²) in [6.07, 6.45) is 16.5. The number of piperidine rings is 2. The summed E-state index contributed by atoms with van der Waals surface area (Å²) in [5.74, 6) is 2.62. The van der Waals surface area contributed by atoms with E-state index in [0.29, 0.717) is 23.6 Å². The summed E-state index contributed by atoms with van der Waals surface area (Å²) < 4.78 is 26.5. The second-order valence-electron chi connectivity index (χ2n) is 24.5. The Kier molecular flexibility index (Phi) is 8.64. The molecule has 7 fully saturated rings. The Morgan fingerprint density at radius 1 is 0.750 bits per heavy atom. The molecule has 64 heavy (non-hydrogen) atoms. The van der Waals surface area contributed by atoms with Crippen LogP contribution in [0.5, 0.6) is 23.0 Å². The SMILES string of the molecule is CCC[C@@](C)(O)[C@H]1C[C@@]23C=C[C@]1(OC)[C@@H]1Oc4c(O)ccc5c4[C@@]12CCN(C)[C@@H]3C5.CO[C@@]12CC[C@@]3(C[C@@H]1[C@](C)(O)C(C)(C)C)[C@H]1Cc4ccc(O)c5c4[C@@]3(CCN1CC1CC1)[C@H]2O5. The number of aliphatic hydroxyl groups is 2. The summed E-state index contributed by atoms with van der Waals surface area (Å²) in [4.78, 5) is 5.33. The maximum absolute atomic E-state index is 12.2. The fraction of sp³-hybridized carbons (Fsp3) is 0.741. The molecule has 5 saturated carbocycles. The van der Waals surface area contributed by atoms with Crippen LogP contribution in [0.3, 0.4) is 0 Å². The van der Waals surface area contributed by atoms with E-state index in [0.717, 1.165) is 83.2 Å². The number of rotatable bonds is 8. The van der Waals surface area contributed by atoms with Crippen molar-refractivity contribution in [3.05, 3.63) is 58.7 Å². The standard InChI is InChI=1S/C29H41NO4.C25H33NO4/c1-25(2,3)26(4,32)20-15-27-10-11-29(20,33-5)24-28(27)12-13-30(16-17-6-7-17)21(27)14-18-8-9-19(31)23(34-24)22(18)28;1-5-8-22(2,28)17-14-23-9-10-25(17,29-4)21-24(23)11-12-26(3)18(23)13-15-6-7-16(27)20(30-21)19(15)24/h8-9,17,20-21,24,31-32H,6-7,10-16H2,1-5H3;6-7,9-10,17-18,21,27-28H,5,8,11-14H2,1-4H3/t20-,21-,24-,26+,27-,28+,29+;17-,18-,21-,22-,23-,24+,25-/m11/s1. The number of ether oxygens (including phenoxy) is 4. The highest BCUT2D eigenvalue weighted by atomic mass is 16.6. The number of hydrogen-bond donors (Lipinski definition) is 4. The van der Waals surface area contributed by atoms with E-state index in [2.05, 4.69) is 68.8 Å². The molecule has 2 saturated heterocycles. The third-order valence-corrected chi connectivity index (χ3v) is 21.4.